The van der Waals surface area contributed by atoms with Crippen LogP contribution >= 0.6 is 23.2 Å². The van der Waals surface area contributed by atoms with Crippen molar-refractivity contribution in [1.29, 1.82) is 0 Å². The van der Waals surface area contributed by atoms with Crippen LogP contribution in [0.4, 0.5) is 14.6 Å². The van der Waals surface area contributed by atoms with Gasteiger partial charge >= 0.3 is 0 Å². The quantitative estimate of drug-likeness (QED) is 0.554. The summed E-state index contributed by atoms with van der Waals surface area (Å²) < 4.78 is 32.3. The maximum atomic E-state index is 13.8. The molecule has 10 heteroatoms. The van der Waals surface area contributed by atoms with Crippen LogP contribution in [-0.2, 0) is 0 Å². The van der Waals surface area contributed by atoms with Gasteiger partial charge in [0.15, 0.2) is 11.6 Å². The second kappa shape index (κ2) is 9.03. The molecule has 1 aliphatic rings. The number of carbonyl (C=O) groups is 1. The first-order valence-electron chi connectivity index (χ1n) is 9.35. The zero-order chi connectivity index (χ0) is 22.0. The Morgan fingerprint density at radius 2 is 1.71 bits per heavy atom. The number of carbonyl (C=O) groups excluding carboxylic acids is 1. The van der Waals surface area contributed by atoms with Crippen molar-refractivity contribution in [2.75, 3.05) is 31.1 Å². The third-order valence-corrected chi connectivity index (χ3v) is 5.53. The molecule has 1 amide bonds. The minimum absolute atomic E-state index is 0.128. The normalized spacial score (nSPS) is 13.9. The summed E-state index contributed by atoms with van der Waals surface area (Å²) in [6.07, 6.45) is 1.30. The molecule has 1 aliphatic heterocycles. The average molecular weight is 465 g/mol. The summed E-state index contributed by atoms with van der Waals surface area (Å²) in [5.74, 6) is -1.07. The van der Waals surface area contributed by atoms with E-state index in [-0.39, 0.29) is 17.5 Å². The van der Waals surface area contributed by atoms with Gasteiger partial charge < -0.3 is 14.5 Å². The van der Waals surface area contributed by atoms with Gasteiger partial charge in [-0.15, -0.1) is 0 Å². The zero-order valence-corrected chi connectivity index (χ0v) is 17.6. The van der Waals surface area contributed by atoms with E-state index in [9.17, 15) is 13.6 Å². The molecule has 0 aliphatic carbocycles. The lowest BCUT2D eigenvalue weighted by Gasteiger charge is -2.35. The second-order valence-electron chi connectivity index (χ2n) is 6.80. The van der Waals surface area contributed by atoms with Crippen molar-refractivity contribution in [1.82, 2.24) is 14.9 Å². The number of aromatic nitrogens is 2. The van der Waals surface area contributed by atoms with E-state index in [2.05, 4.69) is 9.97 Å². The summed E-state index contributed by atoms with van der Waals surface area (Å²) in [4.78, 5) is 24.6. The highest BCUT2D eigenvalue weighted by molar-refractivity contribution is 6.42. The Kier molecular flexibility index (Phi) is 6.20. The number of anilines is 1. The van der Waals surface area contributed by atoms with Crippen LogP contribution in [0.3, 0.4) is 0 Å². The van der Waals surface area contributed by atoms with Gasteiger partial charge in [-0.1, -0.05) is 23.2 Å². The number of benzene rings is 2. The Balaban J connectivity index is 1.41. The molecule has 1 saturated heterocycles. The molecule has 0 unspecified atom stereocenters. The van der Waals surface area contributed by atoms with Crippen molar-refractivity contribution in [3.05, 3.63) is 76.0 Å². The van der Waals surface area contributed by atoms with Crippen molar-refractivity contribution in [3.8, 4) is 11.6 Å². The Bertz CT molecular complexity index is 1120. The molecule has 4 rings (SSSR count). The van der Waals surface area contributed by atoms with Gasteiger partial charge in [0.05, 0.1) is 10.0 Å². The van der Waals surface area contributed by atoms with Crippen LogP contribution < -0.4 is 9.64 Å². The SMILES string of the molecule is O=C(c1ccc(Cl)c(Cl)c1)N1CCN(c2cc(Oc3ccc(F)cc3F)ncn2)CC1. The fourth-order valence-electron chi connectivity index (χ4n) is 3.18. The van der Waals surface area contributed by atoms with E-state index in [1.165, 1.54) is 12.4 Å². The van der Waals surface area contributed by atoms with Crippen LogP contribution in [0.15, 0.2) is 48.8 Å². The number of rotatable bonds is 4. The van der Waals surface area contributed by atoms with Crippen LogP contribution in [0.5, 0.6) is 11.6 Å². The van der Waals surface area contributed by atoms with Gasteiger partial charge in [0.2, 0.25) is 5.88 Å². The molecule has 0 N–H and O–H groups in total. The van der Waals surface area contributed by atoms with E-state index in [1.54, 1.807) is 29.2 Å². The van der Waals surface area contributed by atoms with E-state index < -0.39 is 11.6 Å². The highest BCUT2D eigenvalue weighted by Gasteiger charge is 2.24. The monoisotopic (exact) mass is 464 g/mol. The molecule has 160 valence electrons. The molecule has 2 heterocycles. The summed E-state index contributed by atoms with van der Waals surface area (Å²) in [6.45, 7) is 2.03. The Labute approximate surface area is 187 Å². The molecular formula is C21H16Cl2F2N4O2. The molecule has 2 aromatic carbocycles. The number of halogens is 4. The van der Waals surface area contributed by atoms with Gasteiger partial charge in [0.25, 0.3) is 5.91 Å². The Hall–Kier alpha value is -2.97. The lowest BCUT2D eigenvalue weighted by atomic mass is 10.2. The smallest absolute Gasteiger partial charge is 0.254 e. The molecule has 31 heavy (non-hydrogen) atoms. The van der Waals surface area contributed by atoms with E-state index in [0.717, 1.165) is 12.1 Å². The van der Waals surface area contributed by atoms with Gasteiger partial charge in [-0.05, 0) is 30.3 Å². The maximum absolute atomic E-state index is 13.8. The van der Waals surface area contributed by atoms with Crippen LogP contribution in [0.2, 0.25) is 10.0 Å². The molecular weight excluding hydrogens is 449 g/mol. The van der Waals surface area contributed by atoms with E-state index in [1.807, 2.05) is 4.90 Å². The molecule has 3 aromatic rings. The molecule has 0 spiro atoms. The minimum Gasteiger partial charge on any atom is -0.436 e. The van der Waals surface area contributed by atoms with Crippen molar-refractivity contribution >= 4 is 34.9 Å². The standard InChI is InChI=1S/C21H16Cl2F2N4O2/c22-15-3-1-13(9-16(15)23)21(30)29-7-5-28(6-8-29)19-11-20(27-12-26-19)31-18-4-2-14(24)10-17(18)25/h1-4,9-12H,5-8H2. The third kappa shape index (κ3) is 4.86. The lowest BCUT2D eigenvalue weighted by Crippen LogP contribution is -2.49. The average Bonchev–Trinajstić information content (AvgIpc) is 2.77. The lowest BCUT2D eigenvalue weighted by molar-refractivity contribution is 0.0746. The van der Waals surface area contributed by atoms with E-state index in [0.29, 0.717) is 47.6 Å². The number of hydrogen-bond acceptors (Lipinski definition) is 5. The van der Waals surface area contributed by atoms with Gasteiger partial charge in [-0.2, -0.15) is 0 Å². The molecule has 1 fully saturated rings. The van der Waals surface area contributed by atoms with Gasteiger partial charge in [0, 0.05) is 43.9 Å². The van der Waals surface area contributed by atoms with Crippen LogP contribution in [0, 0.1) is 11.6 Å². The van der Waals surface area contributed by atoms with Gasteiger partial charge in [0.1, 0.15) is 18.0 Å². The van der Waals surface area contributed by atoms with Crippen molar-refractivity contribution in [3.63, 3.8) is 0 Å². The predicted octanol–water partition coefficient (Wildman–Crippen LogP) is 4.82. The Morgan fingerprint density at radius 1 is 0.935 bits per heavy atom. The molecule has 0 bridgehead atoms. The first-order valence-corrected chi connectivity index (χ1v) is 10.1. The Morgan fingerprint density at radius 3 is 2.42 bits per heavy atom. The molecule has 1 aromatic heterocycles. The van der Waals surface area contributed by atoms with Gasteiger partial charge in [-0.25, -0.2) is 18.7 Å². The van der Waals surface area contributed by atoms with Crippen LogP contribution in [-0.4, -0.2) is 47.0 Å². The maximum Gasteiger partial charge on any atom is 0.254 e. The highest BCUT2D eigenvalue weighted by Crippen LogP contribution is 2.26. The number of amides is 1. The van der Waals surface area contributed by atoms with Gasteiger partial charge in [-0.3, -0.25) is 4.79 Å². The molecule has 0 saturated carbocycles. The van der Waals surface area contributed by atoms with E-state index >= 15 is 0 Å². The first kappa shape index (κ1) is 21.3. The van der Waals surface area contributed by atoms with Crippen LogP contribution in [0.25, 0.3) is 0 Å². The number of ether oxygens (including phenoxy) is 1. The topological polar surface area (TPSA) is 58.6 Å². The third-order valence-electron chi connectivity index (χ3n) is 4.79. The number of hydrogen-bond donors (Lipinski definition) is 0. The summed E-state index contributed by atoms with van der Waals surface area (Å²) in [6, 6.07) is 9.40. The first-order chi connectivity index (χ1) is 14.9. The predicted molar refractivity (Wildman–Crippen MR) is 113 cm³/mol. The molecule has 6 nitrogen and oxygen atoms in total. The fraction of sp³-hybridized carbons (Fsp3) is 0.190. The largest absolute Gasteiger partial charge is 0.436 e. The summed E-state index contributed by atoms with van der Waals surface area (Å²) in [5.41, 5.74) is 0.474. The zero-order valence-electron chi connectivity index (χ0n) is 16.1. The number of nitrogens with zero attached hydrogens (tertiary/aromatic N) is 4. The van der Waals surface area contributed by atoms with E-state index in [4.69, 9.17) is 27.9 Å². The second-order valence-corrected chi connectivity index (χ2v) is 7.61. The summed E-state index contributed by atoms with van der Waals surface area (Å²) in [5, 5.41) is 0.725. The fourth-order valence-corrected chi connectivity index (χ4v) is 3.48. The molecule has 0 atom stereocenters. The van der Waals surface area contributed by atoms with Crippen molar-refractivity contribution in [2.45, 2.75) is 0 Å². The minimum atomic E-state index is -0.824. The summed E-state index contributed by atoms with van der Waals surface area (Å²) in [7, 11) is 0. The summed E-state index contributed by atoms with van der Waals surface area (Å²) >= 11 is 11.9. The van der Waals surface area contributed by atoms with Crippen molar-refractivity contribution in [2.24, 2.45) is 0 Å². The molecule has 0 radical (unpaired) electrons. The number of piperazine rings is 1. The highest BCUT2D eigenvalue weighted by atomic mass is 35.5. The van der Waals surface area contributed by atoms with Crippen LogP contribution in [0.1, 0.15) is 10.4 Å². The van der Waals surface area contributed by atoms with Crippen molar-refractivity contribution < 1.29 is 18.3 Å².